The first-order valence-corrected chi connectivity index (χ1v) is 1.76. The summed E-state index contributed by atoms with van der Waals surface area (Å²) >= 11 is 0. The molecule has 0 bridgehead atoms. The van der Waals surface area contributed by atoms with Crippen LogP contribution in [0.15, 0.2) is 12.8 Å². The maximum atomic E-state index is 3.44. The van der Waals surface area contributed by atoms with E-state index in [-0.39, 0.29) is 7.43 Å². The molecule has 0 aromatic carbocycles. The highest BCUT2D eigenvalue weighted by molar-refractivity contribution is 4.58. The van der Waals surface area contributed by atoms with Crippen molar-refractivity contribution in [3.05, 3.63) is 12.8 Å². The Labute approximate surface area is 40.1 Å². The highest BCUT2D eigenvalue weighted by Crippen LogP contribution is 1.47. The molecule has 0 rings (SSSR count). The summed E-state index contributed by atoms with van der Waals surface area (Å²) in [7, 11) is 0. The quantitative estimate of drug-likeness (QED) is 0.536. The van der Waals surface area contributed by atoms with Gasteiger partial charge < -0.3 is 5.32 Å². The topological polar surface area (TPSA) is 12.0 Å². The summed E-state index contributed by atoms with van der Waals surface area (Å²) < 4.78 is 0. The fourth-order valence-electron chi connectivity index (χ4n) is 0.144. The van der Waals surface area contributed by atoms with Gasteiger partial charge in [-0.15, -0.1) is 0 Å². The van der Waals surface area contributed by atoms with Gasteiger partial charge in [-0.25, -0.2) is 0 Å². The fraction of sp³-hybridized carbons (Fsp3) is 0.600. The van der Waals surface area contributed by atoms with Gasteiger partial charge in [-0.3, -0.25) is 0 Å². The second kappa shape index (κ2) is 8.82. The van der Waals surface area contributed by atoms with E-state index < -0.39 is 0 Å². The van der Waals surface area contributed by atoms with Crippen LogP contribution in [0.5, 0.6) is 0 Å². The third-order valence-electron chi connectivity index (χ3n) is 0.348. The van der Waals surface area contributed by atoms with E-state index in [1.54, 1.807) is 6.20 Å². The van der Waals surface area contributed by atoms with Gasteiger partial charge in [0.2, 0.25) is 0 Å². The van der Waals surface area contributed by atoms with Crippen LogP contribution in [0.1, 0.15) is 14.4 Å². The maximum absolute atomic E-state index is 3.44. The summed E-state index contributed by atoms with van der Waals surface area (Å²) in [5.41, 5.74) is 0. The Bertz CT molecular complexity index is 25.1. The summed E-state index contributed by atoms with van der Waals surface area (Å²) in [6, 6.07) is 0. The summed E-state index contributed by atoms with van der Waals surface area (Å²) in [6.07, 6.45) is 1.68. The Balaban J connectivity index is 0. The van der Waals surface area contributed by atoms with Gasteiger partial charge in [0, 0.05) is 6.54 Å². The molecule has 38 valence electrons. The van der Waals surface area contributed by atoms with Gasteiger partial charge in [-0.05, 0) is 13.1 Å². The van der Waals surface area contributed by atoms with E-state index >= 15 is 0 Å². The summed E-state index contributed by atoms with van der Waals surface area (Å²) in [6.45, 7) is 6.44. The Hall–Kier alpha value is -0.460. The first-order valence-electron chi connectivity index (χ1n) is 1.76. The molecule has 0 amide bonds. The second-order valence-electron chi connectivity index (χ2n) is 0.762. The van der Waals surface area contributed by atoms with Crippen molar-refractivity contribution in [2.45, 2.75) is 14.4 Å². The third kappa shape index (κ3) is 9.63. The minimum atomic E-state index is 0. The van der Waals surface area contributed by atoms with Crippen molar-refractivity contribution in [2.24, 2.45) is 0 Å². The van der Waals surface area contributed by atoms with Crippen LogP contribution in [0.3, 0.4) is 0 Å². The summed E-state index contributed by atoms with van der Waals surface area (Å²) in [5.74, 6) is 0. The third-order valence-corrected chi connectivity index (χ3v) is 0.348. The zero-order valence-corrected chi connectivity index (χ0v) is 3.49. The van der Waals surface area contributed by atoms with Crippen molar-refractivity contribution in [1.29, 1.82) is 0 Å². The predicted octanol–water partition coefficient (Wildman–Crippen LogP) is 1.38. The number of hydrogen-bond donors (Lipinski definition) is 1. The van der Waals surface area contributed by atoms with Crippen LogP contribution in [0.25, 0.3) is 0 Å². The zero-order chi connectivity index (χ0) is 4.12. The number of nitrogens with one attached hydrogen (secondary N) is 1. The van der Waals surface area contributed by atoms with Gasteiger partial charge in [-0.1, -0.05) is 14.0 Å². The highest BCUT2D eigenvalue weighted by atomic mass is 14.8. The number of rotatable bonds is 2. The molecule has 0 fully saturated rings. The lowest BCUT2D eigenvalue weighted by Crippen LogP contribution is -1.99. The molecule has 0 saturated heterocycles. The first-order chi connectivity index (χ1) is 2.41. The molecule has 0 aliphatic heterocycles. The monoisotopic (exact) mass is 87.1 g/mol. The van der Waals surface area contributed by atoms with Gasteiger partial charge in [0.25, 0.3) is 0 Å². The van der Waals surface area contributed by atoms with Crippen molar-refractivity contribution in [3.63, 3.8) is 0 Å². The molecular weight excluding hydrogens is 74.1 g/mol. The Kier molecular flexibility index (Phi) is 13.4. The SMILES string of the molecule is C.C=CNCC. The molecule has 0 unspecified atom stereocenters. The van der Waals surface area contributed by atoms with Gasteiger partial charge >= 0.3 is 0 Å². The summed E-state index contributed by atoms with van der Waals surface area (Å²) in [5, 5.41) is 2.88. The molecule has 1 nitrogen and oxygen atoms in total. The minimum Gasteiger partial charge on any atom is -0.392 e. The van der Waals surface area contributed by atoms with E-state index in [1.165, 1.54) is 0 Å². The molecule has 0 aliphatic rings. The first kappa shape index (κ1) is 9.11. The molecule has 0 spiro atoms. The number of hydrogen-bond acceptors (Lipinski definition) is 1. The zero-order valence-electron chi connectivity index (χ0n) is 3.49. The van der Waals surface area contributed by atoms with Crippen molar-refractivity contribution in [3.8, 4) is 0 Å². The molecule has 1 heteroatoms. The van der Waals surface area contributed by atoms with Crippen molar-refractivity contribution >= 4 is 0 Å². The molecule has 0 aromatic heterocycles. The molecule has 1 N–H and O–H groups in total. The Morgan fingerprint density at radius 1 is 1.83 bits per heavy atom. The molecule has 0 saturated carbocycles. The van der Waals surface area contributed by atoms with E-state index in [9.17, 15) is 0 Å². The van der Waals surface area contributed by atoms with Crippen LogP contribution >= 0.6 is 0 Å². The molecule has 0 radical (unpaired) electrons. The maximum Gasteiger partial charge on any atom is 0.0112 e. The minimum absolute atomic E-state index is 0. The van der Waals surface area contributed by atoms with Crippen LogP contribution in [-0.2, 0) is 0 Å². The van der Waals surface area contributed by atoms with E-state index in [4.69, 9.17) is 0 Å². The Morgan fingerprint density at radius 2 is 2.33 bits per heavy atom. The molecule has 0 aromatic rings. The van der Waals surface area contributed by atoms with E-state index in [0.717, 1.165) is 6.54 Å². The van der Waals surface area contributed by atoms with Crippen molar-refractivity contribution in [1.82, 2.24) is 5.32 Å². The predicted molar refractivity (Wildman–Crippen MR) is 30.6 cm³/mol. The van der Waals surface area contributed by atoms with E-state index in [2.05, 4.69) is 11.9 Å². The van der Waals surface area contributed by atoms with E-state index in [0.29, 0.717) is 0 Å². The fourth-order valence-corrected chi connectivity index (χ4v) is 0.144. The second-order valence-corrected chi connectivity index (χ2v) is 0.762. The van der Waals surface area contributed by atoms with Crippen molar-refractivity contribution in [2.75, 3.05) is 6.54 Å². The van der Waals surface area contributed by atoms with Crippen LogP contribution in [-0.4, -0.2) is 6.54 Å². The average molecular weight is 87.2 g/mol. The molecule has 6 heavy (non-hydrogen) atoms. The molecule has 0 atom stereocenters. The highest BCUT2D eigenvalue weighted by Gasteiger charge is 1.54. The van der Waals surface area contributed by atoms with Gasteiger partial charge in [-0.2, -0.15) is 0 Å². The molecular formula is C5H13N. The normalized spacial score (nSPS) is 5.50. The lowest BCUT2D eigenvalue weighted by molar-refractivity contribution is 0.922. The van der Waals surface area contributed by atoms with Crippen LogP contribution in [0, 0.1) is 0 Å². The molecule has 0 aliphatic carbocycles. The van der Waals surface area contributed by atoms with Gasteiger partial charge in [0.15, 0.2) is 0 Å². The van der Waals surface area contributed by atoms with E-state index in [1.807, 2.05) is 6.92 Å². The smallest absolute Gasteiger partial charge is 0.0112 e. The average Bonchev–Trinajstić information content (AvgIpc) is 1.41. The Morgan fingerprint density at radius 3 is 2.33 bits per heavy atom. The lowest BCUT2D eigenvalue weighted by atomic mass is 10.7. The van der Waals surface area contributed by atoms with Crippen LogP contribution in [0.2, 0.25) is 0 Å². The van der Waals surface area contributed by atoms with Crippen LogP contribution < -0.4 is 5.32 Å². The summed E-state index contributed by atoms with van der Waals surface area (Å²) in [4.78, 5) is 0. The molecule has 0 heterocycles. The lowest BCUT2D eigenvalue weighted by Gasteiger charge is -1.83. The van der Waals surface area contributed by atoms with Gasteiger partial charge in [0.05, 0.1) is 0 Å². The largest absolute Gasteiger partial charge is 0.392 e. The standard InChI is InChI=1S/C4H9N.CH4/c1-3-5-4-2;/h3,5H,1,4H2,2H3;1H4. The van der Waals surface area contributed by atoms with Gasteiger partial charge in [0.1, 0.15) is 0 Å². The van der Waals surface area contributed by atoms with Crippen molar-refractivity contribution < 1.29 is 0 Å². The van der Waals surface area contributed by atoms with Crippen LogP contribution in [0.4, 0.5) is 0 Å².